The Labute approximate surface area is 161 Å². The van der Waals surface area contributed by atoms with Crippen molar-refractivity contribution in [2.24, 2.45) is 17.8 Å². The molecule has 0 unspecified atom stereocenters. The van der Waals surface area contributed by atoms with Crippen LogP contribution in [0.5, 0.6) is 0 Å². The Morgan fingerprint density at radius 2 is 1.75 bits per heavy atom. The third-order valence-corrected chi connectivity index (χ3v) is 5.89. The van der Waals surface area contributed by atoms with Gasteiger partial charge < -0.3 is 10.0 Å². The number of likely N-dealkylation sites (tertiary alicyclic amines) is 1. The first-order chi connectivity index (χ1) is 13.3. The normalized spacial score (nSPS) is 21.8. The Bertz CT molecular complexity index is 955. The van der Waals surface area contributed by atoms with E-state index < -0.39 is 17.7 Å². The second-order valence-corrected chi connectivity index (χ2v) is 7.81. The molecule has 0 spiro atoms. The van der Waals surface area contributed by atoms with Crippen molar-refractivity contribution in [1.29, 1.82) is 0 Å². The zero-order valence-corrected chi connectivity index (χ0v) is 15.5. The van der Waals surface area contributed by atoms with Crippen LogP contribution < -0.4 is 0 Å². The Hall–Kier alpha value is -2.76. The lowest BCUT2D eigenvalue weighted by Gasteiger charge is -2.17. The molecule has 4 nitrogen and oxygen atoms in total. The molecule has 1 aliphatic heterocycles. The topological polar surface area (TPSA) is 57.6 Å². The molecule has 4 rings (SSSR count). The van der Waals surface area contributed by atoms with Crippen LogP contribution in [0.25, 0.3) is 11.1 Å². The Balaban J connectivity index is 1.57. The van der Waals surface area contributed by atoms with Crippen LogP contribution >= 0.6 is 0 Å². The summed E-state index contributed by atoms with van der Waals surface area (Å²) < 4.78 is 28.0. The van der Waals surface area contributed by atoms with Gasteiger partial charge in [0.15, 0.2) is 0 Å². The van der Waals surface area contributed by atoms with E-state index in [2.05, 4.69) is 0 Å². The highest BCUT2D eigenvalue weighted by Crippen LogP contribution is 2.44. The van der Waals surface area contributed by atoms with Gasteiger partial charge >= 0.3 is 5.97 Å². The minimum absolute atomic E-state index is 0.0209. The number of carboxylic acid groups (broad SMARTS) is 1. The number of rotatable bonds is 4. The molecule has 28 heavy (non-hydrogen) atoms. The van der Waals surface area contributed by atoms with E-state index in [9.17, 15) is 23.5 Å². The van der Waals surface area contributed by atoms with Crippen molar-refractivity contribution in [1.82, 2.24) is 4.90 Å². The van der Waals surface area contributed by atoms with Gasteiger partial charge in [0.25, 0.3) is 5.91 Å². The zero-order valence-electron chi connectivity index (χ0n) is 15.5. The monoisotopic (exact) mass is 385 g/mol. The lowest BCUT2D eigenvalue weighted by atomic mass is 9.92. The maximum Gasteiger partial charge on any atom is 0.308 e. The van der Waals surface area contributed by atoms with Gasteiger partial charge in [0.2, 0.25) is 0 Å². The van der Waals surface area contributed by atoms with E-state index in [1.54, 1.807) is 13.0 Å². The highest BCUT2D eigenvalue weighted by Gasteiger charge is 2.46. The molecule has 2 aliphatic rings. The number of carbonyl (C=O) groups excluding carboxylic acids is 1. The molecule has 146 valence electrons. The Morgan fingerprint density at radius 3 is 2.36 bits per heavy atom. The number of benzene rings is 2. The quantitative estimate of drug-likeness (QED) is 0.861. The molecular weight excluding hydrogens is 364 g/mol. The second-order valence-electron chi connectivity index (χ2n) is 7.81. The van der Waals surface area contributed by atoms with Crippen molar-refractivity contribution in [3.8, 4) is 11.1 Å². The van der Waals surface area contributed by atoms with E-state index in [1.165, 1.54) is 35.2 Å². The number of nitrogens with zero attached hydrogens (tertiary/aromatic N) is 1. The molecule has 2 aromatic rings. The number of halogens is 2. The number of hydrogen-bond acceptors (Lipinski definition) is 2. The van der Waals surface area contributed by atoms with Gasteiger partial charge in [-0.3, -0.25) is 9.59 Å². The van der Waals surface area contributed by atoms with Crippen LogP contribution in [-0.2, 0) is 4.79 Å². The summed E-state index contributed by atoms with van der Waals surface area (Å²) in [5, 5.41) is 9.46. The zero-order chi connectivity index (χ0) is 20.0. The first-order valence-corrected chi connectivity index (χ1v) is 9.43. The molecule has 2 atom stereocenters. The van der Waals surface area contributed by atoms with Crippen LogP contribution in [0.1, 0.15) is 28.8 Å². The van der Waals surface area contributed by atoms with Crippen LogP contribution in [0.4, 0.5) is 8.78 Å². The molecular formula is C22H21F2NO3. The number of carboxylic acids is 1. The van der Waals surface area contributed by atoms with Crippen LogP contribution in [-0.4, -0.2) is 35.0 Å². The Kier molecular flexibility index (Phi) is 4.65. The van der Waals surface area contributed by atoms with Crippen LogP contribution in [0, 0.1) is 36.3 Å². The molecule has 1 saturated carbocycles. The lowest BCUT2D eigenvalue weighted by molar-refractivity contribution is -0.142. The van der Waals surface area contributed by atoms with Crippen LogP contribution in [0.3, 0.4) is 0 Å². The van der Waals surface area contributed by atoms with E-state index >= 15 is 0 Å². The molecule has 0 bridgehead atoms. The second kappa shape index (κ2) is 7.00. The van der Waals surface area contributed by atoms with Crippen molar-refractivity contribution >= 4 is 11.9 Å². The molecule has 1 N–H and O–H groups in total. The van der Waals surface area contributed by atoms with E-state index in [4.69, 9.17) is 0 Å². The first kappa shape index (κ1) is 18.6. The number of carbonyl (C=O) groups is 2. The van der Waals surface area contributed by atoms with E-state index in [1.807, 2.05) is 0 Å². The minimum Gasteiger partial charge on any atom is -0.481 e. The number of amides is 1. The Morgan fingerprint density at radius 1 is 1.04 bits per heavy atom. The summed E-state index contributed by atoms with van der Waals surface area (Å²) in [6.45, 7) is 2.27. The number of hydrogen-bond donors (Lipinski definition) is 1. The summed E-state index contributed by atoms with van der Waals surface area (Å²) in [7, 11) is 0. The summed E-state index contributed by atoms with van der Waals surface area (Å²) in [5.74, 6) is -2.38. The van der Waals surface area contributed by atoms with Gasteiger partial charge in [-0.1, -0.05) is 12.1 Å². The largest absolute Gasteiger partial charge is 0.481 e. The smallest absolute Gasteiger partial charge is 0.308 e. The van der Waals surface area contributed by atoms with E-state index in [-0.39, 0.29) is 29.8 Å². The van der Waals surface area contributed by atoms with Crippen LogP contribution in [0.2, 0.25) is 0 Å². The molecule has 1 saturated heterocycles. The summed E-state index contributed by atoms with van der Waals surface area (Å²) in [6, 6.07) is 8.37. The van der Waals surface area contributed by atoms with Crippen molar-refractivity contribution < 1.29 is 23.5 Å². The standard InChI is InChI=1S/C22H21F2NO3/c1-12-8-15(23)5-7-16(12)17-6-4-14(9-20(17)24)21(26)25-10-18(13-2-3-13)19(11-25)22(27)28/h4-9,13,18-19H,2-3,10-11H2,1H3,(H,27,28)/t18-,19+/m1/s1. The van der Waals surface area contributed by atoms with Crippen molar-refractivity contribution in [2.45, 2.75) is 19.8 Å². The van der Waals surface area contributed by atoms with Gasteiger partial charge in [0.05, 0.1) is 5.92 Å². The lowest BCUT2D eigenvalue weighted by Crippen LogP contribution is -2.30. The van der Waals surface area contributed by atoms with Gasteiger partial charge in [-0.2, -0.15) is 0 Å². The molecule has 0 radical (unpaired) electrons. The van der Waals surface area contributed by atoms with Gasteiger partial charge in [-0.15, -0.1) is 0 Å². The highest BCUT2D eigenvalue weighted by atomic mass is 19.1. The maximum atomic E-state index is 14.7. The van der Waals surface area contributed by atoms with Crippen molar-refractivity contribution in [3.05, 3.63) is 59.2 Å². The van der Waals surface area contributed by atoms with Gasteiger partial charge in [0, 0.05) is 24.2 Å². The molecule has 2 aromatic carbocycles. The fourth-order valence-corrected chi connectivity index (χ4v) is 4.24. The predicted octanol–water partition coefficient (Wildman–Crippen LogP) is 4.12. The minimum atomic E-state index is -0.875. The van der Waals surface area contributed by atoms with Gasteiger partial charge in [-0.05, 0) is 67.0 Å². The average molecular weight is 385 g/mol. The highest BCUT2D eigenvalue weighted by molar-refractivity contribution is 5.95. The first-order valence-electron chi connectivity index (χ1n) is 9.43. The third-order valence-electron chi connectivity index (χ3n) is 5.89. The van der Waals surface area contributed by atoms with E-state index in [0.29, 0.717) is 29.2 Å². The average Bonchev–Trinajstić information content (AvgIpc) is 3.39. The van der Waals surface area contributed by atoms with Crippen LogP contribution in [0.15, 0.2) is 36.4 Å². The summed E-state index contributed by atoms with van der Waals surface area (Å²) >= 11 is 0. The van der Waals surface area contributed by atoms with Gasteiger partial charge in [0.1, 0.15) is 11.6 Å². The summed E-state index contributed by atoms with van der Waals surface area (Å²) in [6.07, 6.45) is 2.02. The molecule has 1 heterocycles. The summed E-state index contributed by atoms with van der Waals surface area (Å²) in [4.78, 5) is 25.9. The fraction of sp³-hybridized carbons (Fsp3) is 0.364. The maximum absolute atomic E-state index is 14.7. The molecule has 1 aliphatic carbocycles. The van der Waals surface area contributed by atoms with Gasteiger partial charge in [-0.25, -0.2) is 8.78 Å². The summed E-state index contributed by atoms with van der Waals surface area (Å²) in [5.41, 5.74) is 1.67. The molecule has 1 amide bonds. The third kappa shape index (κ3) is 3.39. The molecule has 6 heteroatoms. The number of aryl methyl sites for hydroxylation is 1. The fourth-order valence-electron chi connectivity index (χ4n) is 4.24. The number of aliphatic carboxylic acids is 1. The van der Waals surface area contributed by atoms with Crippen molar-refractivity contribution in [3.63, 3.8) is 0 Å². The SMILES string of the molecule is Cc1cc(F)ccc1-c1ccc(C(=O)N2C[C@H](C(=O)O)[C@@H](C3CC3)C2)cc1F. The predicted molar refractivity (Wildman–Crippen MR) is 99.8 cm³/mol. The van der Waals surface area contributed by atoms with E-state index in [0.717, 1.165) is 12.8 Å². The van der Waals surface area contributed by atoms with Crippen molar-refractivity contribution in [2.75, 3.05) is 13.1 Å². The molecule has 0 aromatic heterocycles. The molecule has 2 fully saturated rings.